The first-order valence-corrected chi connectivity index (χ1v) is 16.3. The van der Waals surface area contributed by atoms with Gasteiger partial charge >= 0.3 is 5.97 Å². The van der Waals surface area contributed by atoms with E-state index in [1.165, 1.54) is 4.90 Å². The Morgan fingerprint density at radius 1 is 1.22 bits per heavy atom. The zero-order valence-corrected chi connectivity index (χ0v) is 26.9. The third kappa shape index (κ3) is 6.72. The first-order valence-electron chi connectivity index (χ1n) is 16.3. The molecule has 10 heteroatoms. The molecule has 0 aliphatic carbocycles. The van der Waals surface area contributed by atoms with Crippen molar-refractivity contribution in [2.24, 2.45) is 11.8 Å². The molecule has 3 saturated heterocycles. The maximum absolute atomic E-state index is 14.4. The van der Waals surface area contributed by atoms with E-state index >= 15 is 0 Å². The molecule has 1 aromatic carbocycles. The highest BCUT2D eigenvalue weighted by molar-refractivity contribution is 5.98. The maximum atomic E-state index is 14.4. The number of hydrogen-bond acceptors (Lipinski definition) is 7. The van der Waals surface area contributed by atoms with Crippen LogP contribution in [0.1, 0.15) is 77.4 Å². The Hall–Kier alpha value is -3.50. The van der Waals surface area contributed by atoms with Crippen LogP contribution >= 0.6 is 0 Å². The summed E-state index contributed by atoms with van der Waals surface area (Å²) >= 11 is 0. The molecule has 246 valence electrons. The highest BCUT2D eigenvalue weighted by Crippen LogP contribution is 2.59. The van der Waals surface area contributed by atoms with E-state index in [2.05, 4.69) is 18.5 Å². The molecular formula is C35H49N3O7. The number of ether oxygens (including phenoxy) is 2. The van der Waals surface area contributed by atoms with Gasteiger partial charge in [-0.1, -0.05) is 62.8 Å². The molecule has 1 spiro atoms. The minimum atomic E-state index is -1.20. The fourth-order valence-electron chi connectivity index (χ4n) is 7.35. The number of allylic oxidation sites excluding steroid dienone is 1. The largest absolute Gasteiger partial charge is 0.455 e. The van der Waals surface area contributed by atoms with Gasteiger partial charge < -0.3 is 29.7 Å². The normalized spacial score (nSPS) is 26.9. The van der Waals surface area contributed by atoms with Crippen LogP contribution in [-0.2, 0) is 28.7 Å². The number of benzene rings is 1. The Bertz CT molecular complexity index is 1230. The molecule has 0 radical (unpaired) electrons. The first-order chi connectivity index (χ1) is 21.7. The summed E-state index contributed by atoms with van der Waals surface area (Å²) in [6, 6.07) is 7.05. The van der Waals surface area contributed by atoms with Crippen LogP contribution in [0.15, 0.2) is 55.6 Å². The molecule has 3 heterocycles. The second kappa shape index (κ2) is 15.2. The van der Waals surface area contributed by atoms with Crippen molar-refractivity contribution in [3.05, 3.63) is 61.2 Å². The monoisotopic (exact) mass is 623 g/mol. The van der Waals surface area contributed by atoms with Crippen LogP contribution in [0.5, 0.6) is 0 Å². The number of unbranched alkanes of at least 4 members (excludes halogenated alkanes) is 1. The number of likely N-dealkylation sites (tertiary alicyclic amines) is 1. The SMILES string of the molecule is C=CCCC(=O)N[C@@H](C)[C@H](OC(=O)[C@@H]1[C@H]2C(=O)N([C@@H](CC)CO)[C@H](C(=O)N(CC=C)CCCC)[C@]23CC[C@H]1O3)c1ccccc1. The molecule has 8 atom stereocenters. The zero-order chi connectivity index (χ0) is 32.7. The number of hydrogen-bond donors (Lipinski definition) is 2. The van der Waals surface area contributed by atoms with Gasteiger partial charge in [0.25, 0.3) is 0 Å². The highest BCUT2D eigenvalue weighted by Gasteiger charge is 2.75. The molecule has 0 saturated carbocycles. The van der Waals surface area contributed by atoms with Crippen molar-refractivity contribution in [2.45, 2.75) is 102 Å². The lowest BCUT2D eigenvalue weighted by Crippen LogP contribution is -2.58. The van der Waals surface area contributed by atoms with Gasteiger partial charge in [-0.2, -0.15) is 0 Å². The summed E-state index contributed by atoms with van der Waals surface area (Å²) in [4.78, 5) is 58.6. The summed E-state index contributed by atoms with van der Waals surface area (Å²) in [7, 11) is 0. The van der Waals surface area contributed by atoms with E-state index in [-0.39, 0.29) is 30.7 Å². The van der Waals surface area contributed by atoms with Crippen LogP contribution < -0.4 is 5.32 Å². The van der Waals surface area contributed by atoms with Crippen LogP contribution in [0.3, 0.4) is 0 Å². The molecular weight excluding hydrogens is 574 g/mol. The van der Waals surface area contributed by atoms with Gasteiger partial charge in [-0.25, -0.2) is 0 Å². The minimum absolute atomic E-state index is 0.189. The minimum Gasteiger partial charge on any atom is -0.455 e. The number of aliphatic hydroxyl groups excluding tert-OH is 1. The smallest absolute Gasteiger partial charge is 0.313 e. The number of aliphatic hydroxyl groups is 1. The zero-order valence-electron chi connectivity index (χ0n) is 26.9. The molecule has 10 nitrogen and oxygen atoms in total. The van der Waals surface area contributed by atoms with E-state index in [0.717, 1.165) is 12.8 Å². The molecule has 3 aliphatic rings. The number of nitrogens with one attached hydrogen (secondary N) is 1. The van der Waals surface area contributed by atoms with Crippen LogP contribution in [0.25, 0.3) is 0 Å². The van der Waals surface area contributed by atoms with Crippen molar-refractivity contribution in [1.82, 2.24) is 15.1 Å². The molecule has 3 aliphatic heterocycles. The van der Waals surface area contributed by atoms with Crippen LogP contribution in [0, 0.1) is 11.8 Å². The fourth-order valence-corrected chi connectivity index (χ4v) is 7.35. The topological polar surface area (TPSA) is 125 Å². The maximum Gasteiger partial charge on any atom is 0.313 e. The lowest BCUT2D eigenvalue weighted by atomic mass is 9.70. The van der Waals surface area contributed by atoms with Gasteiger partial charge in [0, 0.05) is 19.5 Å². The van der Waals surface area contributed by atoms with Gasteiger partial charge in [-0.05, 0) is 44.6 Å². The predicted molar refractivity (Wildman–Crippen MR) is 170 cm³/mol. The third-order valence-corrected chi connectivity index (χ3v) is 9.55. The fraction of sp³-hybridized carbons (Fsp3) is 0.600. The molecule has 3 amide bonds. The Morgan fingerprint density at radius 3 is 2.58 bits per heavy atom. The van der Waals surface area contributed by atoms with E-state index < -0.39 is 53.7 Å². The van der Waals surface area contributed by atoms with Crippen molar-refractivity contribution in [2.75, 3.05) is 19.7 Å². The molecule has 2 bridgehead atoms. The van der Waals surface area contributed by atoms with E-state index in [4.69, 9.17) is 9.47 Å². The molecule has 1 aromatic rings. The Balaban J connectivity index is 1.67. The molecule has 0 aromatic heterocycles. The summed E-state index contributed by atoms with van der Waals surface area (Å²) in [5.41, 5.74) is -0.500. The van der Waals surface area contributed by atoms with Gasteiger partial charge in [0.1, 0.15) is 17.7 Å². The summed E-state index contributed by atoms with van der Waals surface area (Å²) in [6.07, 6.45) is 5.77. The number of nitrogens with zero attached hydrogens (tertiary/aromatic N) is 2. The number of fused-ring (bicyclic) bond motifs is 1. The van der Waals surface area contributed by atoms with Gasteiger partial charge in [0.2, 0.25) is 17.7 Å². The second-order valence-corrected chi connectivity index (χ2v) is 12.4. The van der Waals surface area contributed by atoms with Gasteiger partial charge in [-0.15, -0.1) is 13.2 Å². The number of carbonyl (C=O) groups is 4. The lowest BCUT2D eigenvalue weighted by molar-refractivity contribution is -0.162. The summed E-state index contributed by atoms with van der Waals surface area (Å²) in [5, 5.41) is 13.3. The molecule has 45 heavy (non-hydrogen) atoms. The Labute approximate surface area is 266 Å². The Kier molecular flexibility index (Phi) is 11.6. The molecule has 0 unspecified atom stereocenters. The number of esters is 1. The second-order valence-electron chi connectivity index (χ2n) is 12.4. The summed E-state index contributed by atoms with van der Waals surface area (Å²) in [6.45, 7) is 13.7. The van der Waals surface area contributed by atoms with Crippen molar-refractivity contribution in [1.29, 1.82) is 0 Å². The average molecular weight is 624 g/mol. The number of carbonyl (C=O) groups excluding carboxylic acids is 4. The molecule has 3 fully saturated rings. The number of rotatable bonds is 17. The van der Waals surface area contributed by atoms with Crippen LogP contribution in [0.2, 0.25) is 0 Å². The third-order valence-electron chi connectivity index (χ3n) is 9.55. The van der Waals surface area contributed by atoms with Crippen molar-refractivity contribution < 1.29 is 33.8 Å². The highest BCUT2D eigenvalue weighted by atomic mass is 16.6. The molecule has 4 rings (SSSR count). The van der Waals surface area contributed by atoms with E-state index in [0.29, 0.717) is 44.3 Å². The van der Waals surface area contributed by atoms with Crippen molar-refractivity contribution in [3.63, 3.8) is 0 Å². The van der Waals surface area contributed by atoms with E-state index in [1.807, 2.05) is 44.2 Å². The van der Waals surface area contributed by atoms with Gasteiger partial charge in [0.15, 0.2) is 0 Å². The summed E-state index contributed by atoms with van der Waals surface area (Å²) in [5.74, 6) is -3.26. The summed E-state index contributed by atoms with van der Waals surface area (Å²) < 4.78 is 12.8. The van der Waals surface area contributed by atoms with Crippen LogP contribution in [0.4, 0.5) is 0 Å². The molecule has 2 N–H and O–H groups in total. The Morgan fingerprint density at radius 2 is 1.96 bits per heavy atom. The predicted octanol–water partition coefficient (Wildman–Crippen LogP) is 3.70. The van der Waals surface area contributed by atoms with Crippen LogP contribution in [-0.4, -0.2) is 88.1 Å². The first kappa shape index (κ1) is 34.4. The lowest BCUT2D eigenvalue weighted by Gasteiger charge is -2.39. The van der Waals surface area contributed by atoms with E-state index in [1.54, 1.807) is 24.0 Å². The quantitative estimate of drug-likeness (QED) is 0.200. The standard InChI is InChI=1S/C35H49N3O7/c1-6-10-17-27(40)36-23(5)30(24-15-13-12-14-16-24)44-34(43)28-26-18-19-35(45-26)29(28)32(41)38(25(9-4)22-39)31(35)33(42)37(20-8-3)21-11-7-2/h6,8,12-16,23,25-26,28-31,39H,1,3,7,9-11,17-22H2,2,4-5H3,(H,36,40)/t23-,25-,26+,28-,29-,30-,31+,35-/m0/s1. The van der Waals surface area contributed by atoms with E-state index in [9.17, 15) is 24.3 Å². The number of amides is 3. The van der Waals surface area contributed by atoms with Gasteiger partial charge in [-0.3, -0.25) is 19.2 Å². The van der Waals surface area contributed by atoms with Crippen molar-refractivity contribution in [3.8, 4) is 0 Å². The average Bonchev–Trinajstić information content (AvgIpc) is 3.69. The van der Waals surface area contributed by atoms with Crippen molar-refractivity contribution >= 4 is 23.7 Å². The van der Waals surface area contributed by atoms with Gasteiger partial charge in [0.05, 0.1) is 36.6 Å².